The van der Waals surface area contributed by atoms with Crippen LogP contribution >= 0.6 is 0 Å². The summed E-state index contributed by atoms with van der Waals surface area (Å²) >= 11 is 0. The molecule has 0 radical (unpaired) electrons. The fourth-order valence-electron chi connectivity index (χ4n) is 2.23. The molecule has 1 unspecified atom stereocenters. The summed E-state index contributed by atoms with van der Waals surface area (Å²) < 4.78 is 5.17. The minimum absolute atomic E-state index is 0.0544. The summed E-state index contributed by atoms with van der Waals surface area (Å²) in [5.74, 6) is 0.413. The Morgan fingerprint density at radius 1 is 1.36 bits per heavy atom. The molecule has 118 valence electrons. The highest BCUT2D eigenvalue weighted by Gasteiger charge is 2.26. The van der Waals surface area contributed by atoms with Crippen LogP contribution < -0.4 is 10.6 Å². The Labute approximate surface area is 130 Å². The van der Waals surface area contributed by atoms with Crippen LogP contribution in [0.1, 0.15) is 30.7 Å². The number of urea groups is 1. The van der Waals surface area contributed by atoms with Gasteiger partial charge in [-0.05, 0) is 55.7 Å². The third-order valence-corrected chi connectivity index (χ3v) is 3.63. The van der Waals surface area contributed by atoms with Crippen LogP contribution in [-0.4, -0.2) is 17.7 Å². The Hall–Kier alpha value is -2.27. The molecule has 22 heavy (non-hydrogen) atoms. The number of carbonyl (C=O) groups excluding carboxylic acids is 1. The van der Waals surface area contributed by atoms with Crippen LogP contribution in [0.3, 0.4) is 0 Å². The van der Waals surface area contributed by atoms with E-state index in [-0.39, 0.29) is 12.6 Å². The summed E-state index contributed by atoms with van der Waals surface area (Å²) in [7, 11) is 0. The molecular formula is C17H22N2O3. The molecule has 2 rings (SSSR count). The van der Waals surface area contributed by atoms with E-state index in [4.69, 9.17) is 4.42 Å². The Morgan fingerprint density at radius 3 is 2.77 bits per heavy atom. The third kappa shape index (κ3) is 3.89. The number of furan rings is 1. The Bertz CT molecular complexity index is 633. The van der Waals surface area contributed by atoms with Gasteiger partial charge < -0.3 is 20.2 Å². The van der Waals surface area contributed by atoms with Gasteiger partial charge in [0.15, 0.2) is 0 Å². The van der Waals surface area contributed by atoms with E-state index in [0.29, 0.717) is 5.76 Å². The molecule has 0 saturated heterocycles. The molecular weight excluding hydrogens is 280 g/mol. The van der Waals surface area contributed by atoms with E-state index in [2.05, 4.69) is 17.6 Å². The fourth-order valence-corrected chi connectivity index (χ4v) is 2.23. The highest BCUT2D eigenvalue weighted by Crippen LogP contribution is 2.20. The van der Waals surface area contributed by atoms with Crippen molar-refractivity contribution in [1.82, 2.24) is 5.32 Å². The molecule has 5 heteroatoms. The quantitative estimate of drug-likeness (QED) is 0.794. The van der Waals surface area contributed by atoms with Crippen molar-refractivity contribution >= 4 is 11.7 Å². The summed E-state index contributed by atoms with van der Waals surface area (Å²) in [6.07, 6.45) is 2.40. The van der Waals surface area contributed by atoms with Crippen LogP contribution in [0.25, 0.3) is 0 Å². The smallest absolute Gasteiger partial charge is 0.319 e. The molecule has 0 fully saturated rings. The molecule has 1 aromatic heterocycles. The van der Waals surface area contributed by atoms with Gasteiger partial charge in [-0.3, -0.25) is 0 Å². The van der Waals surface area contributed by atoms with Gasteiger partial charge in [-0.2, -0.15) is 0 Å². The van der Waals surface area contributed by atoms with E-state index in [9.17, 15) is 9.90 Å². The first-order valence-electron chi connectivity index (χ1n) is 7.33. The van der Waals surface area contributed by atoms with Crippen LogP contribution in [0, 0.1) is 6.92 Å². The van der Waals surface area contributed by atoms with E-state index in [1.165, 1.54) is 17.4 Å². The van der Waals surface area contributed by atoms with Gasteiger partial charge in [-0.25, -0.2) is 4.79 Å². The zero-order chi connectivity index (χ0) is 16.2. The number of aryl methyl sites for hydroxylation is 2. The maximum Gasteiger partial charge on any atom is 0.319 e. The highest BCUT2D eigenvalue weighted by atomic mass is 16.4. The van der Waals surface area contributed by atoms with Crippen molar-refractivity contribution < 1.29 is 14.3 Å². The third-order valence-electron chi connectivity index (χ3n) is 3.63. The molecule has 0 bridgehead atoms. The van der Waals surface area contributed by atoms with Gasteiger partial charge in [0.2, 0.25) is 0 Å². The fraction of sp³-hybridized carbons (Fsp3) is 0.353. The topological polar surface area (TPSA) is 74.5 Å². The molecule has 0 spiro atoms. The number of rotatable bonds is 5. The Morgan fingerprint density at radius 2 is 2.14 bits per heavy atom. The molecule has 0 aliphatic rings. The molecule has 0 aliphatic heterocycles. The Balaban J connectivity index is 1.93. The number of aliphatic hydroxyl groups is 1. The lowest BCUT2D eigenvalue weighted by molar-refractivity contribution is 0.0372. The van der Waals surface area contributed by atoms with Gasteiger partial charge in [-0.15, -0.1) is 0 Å². The first-order valence-corrected chi connectivity index (χ1v) is 7.33. The molecule has 1 heterocycles. The van der Waals surface area contributed by atoms with Crippen molar-refractivity contribution in [3.63, 3.8) is 0 Å². The number of anilines is 1. The number of amides is 2. The van der Waals surface area contributed by atoms with Crippen LogP contribution in [0.2, 0.25) is 0 Å². The first kappa shape index (κ1) is 16.1. The second kappa shape index (κ2) is 6.66. The summed E-state index contributed by atoms with van der Waals surface area (Å²) in [4.78, 5) is 11.9. The number of nitrogens with one attached hydrogen (secondary N) is 2. The van der Waals surface area contributed by atoms with Crippen LogP contribution in [0.5, 0.6) is 0 Å². The van der Waals surface area contributed by atoms with Gasteiger partial charge in [0, 0.05) is 5.69 Å². The average molecular weight is 302 g/mol. The minimum atomic E-state index is -1.25. The van der Waals surface area contributed by atoms with E-state index in [1.54, 1.807) is 19.1 Å². The highest BCUT2D eigenvalue weighted by molar-refractivity contribution is 5.89. The molecule has 1 aromatic carbocycles. The Kier molecular flexibility index (Phi) is 4.88. The zero-order valence-corrected chi connectivity index (χ0v) is 13.1. The second-order valence-electron chi connectivity index (χ2n) is 5.55. The first-order chi connectivity index (χ1) is 10.4. The lowest BCUT2D eigenvalue weighted by atomic mass is 10.0. The molecule has 2 amide bonds. The van der Waals surface area contributed by atoms with Crippen LogP contribution in [-0.2, 0) is 12.0 Å². The van der Waals surface area contributed by atoms with Gasteiger partial charge >= 0.3 is 6.03 Å². The van der Waals surface area contributed by atoms with Crippen molar-refractivity contribution in [3.05, 3.63) is 53.5 Å². The van der Waals surface area contributed by atoms with E-state index in [1.807, 2.05) is 25.1 Å². The van der Waals surface area contributed by atoms with Crippen LogP contribution in [0.15, 0.2) is 41.0 Å². The van der Waals surface area contributed by atoms with E-state index in [0.717, 1.165) is 12.1 Å². The largest absolute Gasteiger partial charge is 0.466 e. The maximum atomic E-state index is 11.9. The number of benzene rings is 1. The lowest BCUT2D eigenvalue weighted by Gasteiger charge is -2.21. The van der Waals surface area contributed by atoms with Crippen molar-refractivity contribution in [1.29, 1.82) is 0 Å². The minimum Gasteiger partial charge on any atom is -0.466 e. The van der Waals surface area contributed by atoms with E-state index >= 15 is 0 Å². The maximum absolute atomic E-state index is 11.9. The van der Waals surface area contributed by atoms with Gasteiger partial charge in [-0.1, -0.05) is 13.0 Å². The van der Waals surface area contributed by atoms with Crippen molar-refractivity contribution in [2.75, 3.05) is 11.9 Å². The van der Waals surface area contributed by atoms with Crippen LogP contribution in [0.4, 0.5) is 10.5 Å². The summed E-state index contributed by atoms with van der Waals surface area (Å²) in [6, 6.07) is 8.80. The summed E-state index contributed by atoms with van der Waals surface area (Å²) in [5, 5.41) is 15.7. The van der Waals surface area contributed by atoms with Gasteiger partial charge in [0.05, 0.1) is 12.8 Å². The van der Waals surface area contributed by atoms with Crippen molar-refractivity contribution in [2.24, 2.45) is 0 Å². The number of hydrogen-bond acceptors (Lipinski definition) is 3. The number of carbonyl (C=O) groups is 1. The van der Waals surface area contributed by atoms with E-state index < -0.39 is 5.60 Å². The van der Waals surface area contributed by atoms with Gasteiger partial charge in [0.25, 0.3) is 0 Å². The summed E-state index contributed by atoms with van der Waals surface area (Å²) in [5.41, 5.74) is 1.88. The van der Waals surface area contributed by atoms with Crippen molar-refractivity contribution in [3.8, 4) is 0 Å². The number of hydrogen-bond donors (Lipinski definition) is 3. The molecule has 3 N–H and O–H groups in total. The monoisotopic (exact) mass is 302 g/mol. The van der Waals surface area contributed by atoms with Gasteiger partial charge in [0.1, 0.15) is 11.4 Å². The summed E-state index contributed by atoms with van der Waals surface area (Å²) in [6.45, 7) is 5.77. The molecule has 5 nitrogen and oxygen atoms in total. The normalized spacial score (nSPS) is 13.5. The molecule has 0 saturated carbocycles. The predicted molar refractivity (Wildman–Crippen MR) is 85.9 cm³/mol. The molecule has 2 aromatic rings. The van der Waals surface area contributed by atoms with Crippen molar-refractivity contribution in [2.45, 2.75) is 32.8 Å². The average Bonchev–Trinajstić information content (AvgIpc) is 3.02. The standard InChI is InChI=1S/C17H22N2O3/c1-4-13-10-14(8-7-12(13)2)19-16(20)18-11-17(3,21)15-6-5-9-22-15/h5-10,21H,4,11H2,1-3H3,(H2,18,19,20). The SMILES string of the molecule is CCc1cc(NC(=O)NCC(C)(O)c2ccco2)ccc1C. The molecule has 1 atom stereocenters. The predicted octanol–water partition coefficient (Wildman–Crippen LogP) is 3.18. The zero-order valence-electron chi connectivity index (χ0n) is 13.1. The lowest BCUT2D eigenvalue weighted by Crippen LogP contribution is -2.40. The second-order valence-corrected chi connectivity index (χ2v) is 5.55. The molecule has 0 aliphatic carbocycles.